The highest BCUT2D eigenvalue weighted by Gasteiger charge is 2.38. The SMILES string of the molecule is COc1ccc([C@@H]2[C@@H](CO)OCCN2C(=O)c2cn[nH]c2C2CCCCC2)cc1OC. The molecule has 1 aliphatic carbocycles. The third-order valence-corrected chi connectivity index (χ3v) is 6.45. The maximum atomic E-state index is 13.7. The van der Waals surface area contributed by atoms with Gasteiger partial charge in [-0.25, -0.2) is 0 Å². The van der Waals surface area contributed by atoms with Gasteiger partial charge < -0.3 is 24.2 Å². The van der Waals surface area contributed by atoms with Crippen LogP contribution in [0.15, 0.2) is 24.4 Å². The number of aliphatic hydroxyl groups is 1. The van der Waals surface area contributed by atoms with Crippen molar-refractivity contribution in [1.29, 1.82) is 0 Å². The molecular weight excluding hydrogens is 398 g/mol. The predicted molar refractivity (Wildman–Crippen MR) is 115 cm³/mol. The first kappa shape index (κ1) is 21.6. The van der Waals surface area contributed by atoms with Gasteiger partial charge in [-0.3, -0.25) is 9.89 Å². The van der Waals surface area contributed by atoms with Crippen molar-refractivity contribution in [2.24, 2.45) is 0 Å². The molecule has 8 nitrogen and oxygen atoms in total. The molecule has 4 rings (SSSR count). The molecule has 1 aromatic heterocycles. The molecule has 2 aromatic rings. The molecule has 31 heavy (non-hydrogen) atoms. The Hall–Kier alpha value is -2.58. The zero-order valence-corrected chi connectivity index (χ0v) is 18.2. The van der Waals surface area contributed by atoms with Crippen molar-refractivity contribution < 1.29 is 24.1 Å². The number of aromatic nitrogens is 2. The van der Waals surface area contributed by atoms with Crippen molar-refractivity contribution in [2.45, 2.75) is 50.2 Å². The Kier molecular flexibility index (Phi) is 6.77. The maximum absolute atomic E-state index is 13.7. The summed E-state index contributed by atoms with van der Waals surface area (Å²) in [6.07, 6.45) is 6.86. The zero-order valence-electron chi connectivity index (χ0n) is 18.2. The molecule has 2 heterocycles. The Morgan fingerprint density at radius 3 is 2.71 bits per heavy atom. The Labute approximate surface area is 182 Å². The van der Waals surface area contributed by atoms with E-state index in [1.54, 1.807) is 25.3 Å². The molecule has 1 saturated heterocycles. The Bertz CT molecular complexity index is 893. The molecule has 0 unspecified atom stereocenters. The summed E-state index contributed by atoms with van der Waals surface area (Å²) in [5.41, 5.74) is 2.38. The van der Waals surface area contributed by atoms with Crippen molar-refractivity contribution in [3.63, 3.8) is 0 Å². The fourth-order valence-electron chi connectivity index (χ4n) is 4.87. The lowest BCUT2D eigenvalue weighted by molar-refractivity contribution is -0.0812. The van der Waals surface area contributed by atoms with Gasteiger partial charge in [-0.2, -0.15) is 5.10 Å². The summed E-state index contributed by atoms with van der Waals surface area (Å²) in [7, 11) is 3.16. The van der Waals surface area contributed by atoms with Gasteiger partial charge in [0.1, 0.15) is 6.10 Å². The molecule has 1 aromatic carbocycles. The van der Waals surface area contributed by atoms with E-state index < -0.39 is 12.1 Å². The van der Waals surface area contributed by atoms with Crippen LogP contribution in [0.25, 0.3) is 0 Å². The average Bonchev–Trinajstić information content (AvgIpc) is 3.33. The Balaban J connectivity index is 1.68. The number of amides is 1. The van der Waals surface area contributed by atoms with Crippen LogP contribution in [0.1, 0.15) is 65.7 Å². The lowest BCUT2D eigenvalue weighted by atomic mass is 9.85. The number of benzene rings is 1. The molecule has 1 amide bonds. The second kappa shape index (κ2) is 9.70. The van der Waals surface area contributed by atoms with E-state index in [9.17, 15) is 9.90 Å². The predicted octanol–water partition coefficient (Wildman–Crippen LogP) is 3.05. The number of methoxy groups -OCH3 is 2. The number of hydrogen-bond acceptors (Lipinski definition) is 6. The molecule has 1 aliphatic heterocycles. The highest BCUT2D eigenvalue weighted by molar-refractivity contribution is 5.95. The number of aliphatic hydroxyl groups excluding tert-OH is 1. The average molecular weight is 430 g/mol. The molecule has 0 spiro atoms. The number of carbonyl (C=O) groups excluding carboxylic acids is 1. The van der Waals surface area contributed by atoms with Crippen LogP contribution in [-0.4, -0.2) is 66.2 Å². The van der Waals surface area contributed by atoms with Gasteiger partial charge in [0, 0.05) is 12.5 Å². The zero-order chi connectivity index (χ0) is 21.8. The second-order valence-electron chi connectivity index (χ2n) is 8.18. The van der Waals surface area contributed by atoms with Crippen LogP contribution < -0.4 is 9.47 Å². The molecule has 2 atom stereocenters. The van der Waals surface area contributed by atoms with E-state index in [0.29, 0.717) is 36.1 Å². The summed E-state index contributed by atoms with van der Waals surface area (Å²) < 4.78 is 16.6. The van der Waals surface area contributed by atoms with E-state index >= 15 is 0 Å². The minimum Gasteiger partial charge on any atom is -0.493 e. The Morgan fingerprint density at radius 2 is 2.00 bits per heavy atom. The molecule has 2 aliphatic rings. The van der Waals surface area contributed by atoms with Crippen LogP contribution in [0.4, 0.5) is 0 Å². The van der Waals surface area contributed by atoms with Gasteiger partial charge in [0.05, 0.1) is 50.9 Å². The standard InChI is InChI=1S/C23H31N3O5/c1-29-18-9-8-16(12-19(18)30-2)22-20(14-27)31-11-10-26(22)23(28)17-13-24-25-21(17)15-6-4-3-5-7-15/h8-9,12-13,15,20,22,27H,3-7,10-11,14H2,1-2H3,(H,24,25)/t20-,22-/m1/s1. The molecule has 0 radical (unpaired) electrons. The number of carbonyl (C=O) groups is 1. The monoisotopic (exact) mass is 429 g/mol. The van der Waals surface area contributed by atoms with Gasteiger partial charge in [-0.1, -0.05) is 25.3 Å². The first-order valence-corrected chi connectivity index (χ1v) is 11.0. The molecule has 0 bridgehead atoms. The third kappa shape index (κ3) is 4.27. The van der Waals surface area contributed by atoms with E-state index in [-0.39, 0.29) is 12.5 Å². The molecule has 168 valence electrons. The molecular formula is C23H31N3O5. The highest BCUT2D eigenvalue weighted by Crippen LogP contribution is 2.38. The van der Waals surface area contributed by atoms with Gasteiger partial charge in [-0.05, 0) is 30.5 Å². The van der Waals surface area contributed by atoms with E-state index in [4.69, 9.17) is 14.2 Å². The first-order valence-electron chi connectivity index (χ1n) is 11.0. The van der Waals surface area contributed by atoms with Crippen LogP contribution in [0.2, 0.25) is 0 Å². The maximum Gasteiger partial charge on any atom is 0.258 e. The quantitative estimate of drug-likeness (QED) is 0.733. The Morgan fingerprint density at radius 1 is 1.23 bits per heavy atom. The van der Waals surface area contributed by atoms with Crippen LogP contribution >= 0.6 is 0 Å². The third-order valence-electron chi connectivity index (χ3n) is 6.45. The molecule has 8 heteroatoms. The van der Waals surface area contributed by atoms with Crippen molar-refractivity contribution >= 4 is 5.91 Å². The van der Waals surface area contributed by atoms with Gasteiger partial charge in [0.2, 0.25) is 0 Å². The second-order valence-corrected chi connectivity index (χ2v) is 8.18. The van der Waals surface area contributed by atoms with Crippen LogP contribution in [-0.2, 0) is 4.74 Å². The van der Waals surface area contributed by atoms with E-state index in [0.717, 1.165) is 24.1 Å². The van der Waals surface area contributed by atoms with Crippen LogP contribution in [0.3, 0.4) is 0 Å². The van der Waals surface area contributed by atoms with Gasteiger partial charge in [0.25, 0.3) is 5.91 Å². The normalized spacial score (nSPS) is 22.4. The van der Waals surface area contributed by atoms with Crippen LogP contribution in [0, 0.1) is 0 Å². The summed E-state index contributed by atoms with van der Waals surface area (Å²) in [6, 6.07) is 5.10. The van der Waals surface area contributed by atoms with Gasteiger partial charge >= 0.3 is 0 Å². The minimum atomic E-state index is -0.527. The number of aromatic amines is 1. The number of morpholine rings is 1. The summed E-state index contributed by atoms with van der Waals surface area (Å²) in [5, 5.41) is 17.3. The highest BCUT2D eigenvalue weighted by atomic mass is 16.5. The van der Waals surface area contributed by atoms with E-state index in [2.05, 4.69) is 10.2 Å². The molecule has 1 saturated carbocycles. The number of nitrogens with zero attached hydrogens (tertiary/aromatic N) is 2. The number of rotatable bonds is 6. The summed E-state index contributed by atoms with van der Waals surface area (Å²) in [6.45, 7) is 0.616. The summed E-state index contributed by atoms with van der Waals surface area (Å²) in [5.74, 6) is 1.43. The fourth-order valence-corrected chi connectivity index (χ4v) is 4.87. The molecule has 2 N–H and O–H groups in total. The first-order chi connectivity index (χ1) is 15.2. The number of H-pyrrole nitrogens is 1. The minimum absolute atomic E-state index is 0.0872. The lowest BCUT2D eigenvalue weighted by Gasteiger charge is -2.41. The van der Waals surface area contributed by atoms with Gasteiger partial charge in [-0.15, -0.1) is 0 Å². The number of nitrogens with one attached hydrogen (secondary N) is 1. The number of hydrogen-bond donors (Lipinski definition) is 2. The van der Waals surface area contributed by atoms with Crippen molar-refractivity contribution in [1.82, 2.24) is 15.1 Å². The van der Waals surface area contributed by atoms with E-state index in [1.165, 1.54) is 19.3 Å². The van der Waals surface area contributed by atoms with Crippen molar-refractivity contribution in [3.8, 4) is 11.5 Å². The molecule has 2 fully saturated rings. The van der Waals surface area contributed by atoms with Crippen molar-refractivity contribution in [3.05, 3.63) is 41.2 Å². The van der Waals surface area contributed by atoms with Crippen LogP contribution in [0.5, 0.6) is 11.5 Å². The van der Waals surface area contributed by atoms with Crippen molar-refractivity contribution in [2.75, 3.05) is 34.0 Å². The fraction of sp³-hybridized carbons (Fsp3) is 0.565. The topological polar surface area (TPSA) is 96.9 Å². The largest absolute Gasteiger partial charge is 0.493 e. The lowest BCUT2D eigenvalue weighted by Crippen LogP contribution is -2.49. The van der Waals surface area contributed by atoms with E-state index in [1.807, 2.05) is 18.2 Å². The van der Waals surface area contributed by atoms with Gasteiger partial charge in [0.15, 0.2) is 11.5 Å². The summed E-state index contributed by atoms with van der Waals surface area (Å²) >= 11 is 0. The number of ether oxygens (including phenoxy) is 3. The summed E-state index contributed by atoms with van der Waals surface area (Å²) in [4.78, 5) is 15.5. The smallest absolute Gasteiger partial charge is 0.258 e.